The average Bonchev–Trinajstić information content (AvgIpc) is 3.15. The highest BCUT2D eigenvalue weighted by atomic mass is 32.3. The van der Waals surface area contributed by atoms with Crippen molar-refractivity contribution in [2.75, 3.05) is 32.8 Å². The summed E-state index contributed by atoms with van der Waals surface area (Å²) < 4.78 is 50.1. The first-order chi connectivity index (χ1) is 20.3. The molecule has 250 valence electrons. The molecule has 2 unspecified atom stereocenters. The summed E-state index contributed by atoms with van der Waals surface area (Å²) in [6.07, 6.45) is -0.211. The van der Waals surface area contributed by atoms with Crippen LogP contribution in [-0.4, -0.2) is 111 Å². The van der Waals surface area contributed by atoms with Gasteiger partial charge in [-0.25, -0.2) is 13.8 Å². The minimum absolute atomic E-state index is 0.0863. The second-order valence-corrected chi connectivity index (χ2v) is 13.9. The molecule has 0 radical (unpaired) electrons. The SMILES string of the molecule is CCOC(=O)C(C)(C)COS(=O)(=O)ON1C(=O)N2CC1CC[C@H]2C(=O)NC1CCN(C(=O)OC(C)OC(=O)C(C)(C)C)CC1. The highest BCUT2D eigenvalue weighted by molar-refractivity contribution is 7.81. The van der Waals surface area contributed by atoms with Crippen molar-refractivity contribution in [3.8, 4) is 0 Å². The first kappa shape index (κ1) is 35.3. The minimum atomic E-state index is -4.71. The summed E-state index contributed by atoms with van der Waals surface area (Å²) in [5, 5.41) is 3.63. The summed E-state index contributed by atoms with van der Waals surface area (Å²) in [7, 11) is -4.71. The van der Waals surface area contributed by atoms with Crippen molar-refractivity contribution < 1.29 is 55.1 Å². The van der Waals surface area contributed by atoms with Crippen molar-refractivity contribution in [1.82, 2.24) is 20.2 Å². The van der Waals surface area contributed by atoms with E-state index in [4.69, 9.17) is 22.7 Å². The van der Waals surface area contributed by atoms with Crippen molar-refractivity contribution in [3.63, 3.8) is 0 Å². The van der Waals surface area contributed by atoms with E-state index in [1.54, 1.807) is 27.7 Å². The van der Waals surface area contributed by atoms with Crippen LogP contribution < -0.4 is 5.32 Å². The Balaban J connectivity index is 1.47. The van der Waals surface area contributed by atoms with Crippen molar-refractivity contribution in [3.05, 3.63) is 0 Å². The van der Waals surface area contributed by atoms with E-state index in [-0.39, 0.29) is 25.6 Å². The molecule has 0 aromatic heterocycles. The van der Waals surface area contributed by atoms with Gasteiger partial charge in [-0.15, -0.1) is 4.28 Å². The van der Waals surface area contributed by atoms with Crippen LogP contribution in [0.5, 0.6) is 0 Å². The molecule has 1 N–H and O–H groups in total. The fourth-order valence-corrected chi connectivity index (χ4v) is 5.66. The largest absolute Gasteiger partial charge is 0.466 e. The maximum atomic E-state index is 13.2. The second kappa shape index (κ2) is 13.9. The number of ether oxygens (including phenoxy) is 3. The molecule has 0 aromatic rings. The van der Waals surface area contributed by atoms with Gasteiger partial charge in [0.25, 0.3) is 0 Å². The molecule has 3 saturated heterocycles. The molecular formula is C27H44N4O12S. The third kappa shape index (κ3) is 8.94. The van der Waals surface area contributed by atoms with E-state index in [0.717, 1.165) is 0 Å². The maximum Gasteiger partial charge on any atom is 0.421 e. The van der Waals surface area contributed by atoms with E-state index in [0.29, 0.717) is 37.4 Å². The predicted octanol–water partition coefficient (Wildman–Crippen LogP) is 1.69. The molecule has 0 aromatic carbocycles. The zero-order chi connectivity index (χ0) is 33.0. The number of hydroxylamine groups is 2. The maximum absolute atomic E-state index is 13.2. The molecule has 3 rings (SSSR count). The van der Waals surface area contributed by atoms with Gasteiger partial charge in [-0.05, 0) is 67.2 Å². The number of fused-ring (bicyclic) bond motifs is 2. The summed E-state index contributed by atoms with van der Waals surface area (Å²) in [4.78, 5) is 65.5. The number of nitrogens with zero attached hydrogens (tertiary/aromatic N) is 3. The molecule has 3 aliphatic rings. The van der Waals surface area contributed by atoms with Gasteiger partial charge in [0.2, 0.25) is 12.2 Å². The third-order valence-corrected chi connectivity index (χ3v) is 8.19. The smallest absolute Gasteiger partial charge is 0.421 e. The number of likely N-dealkylation sites (tertiary alicyclic amines) is 1. The highest BCUT2D eigenvalue weighted by Crippen LogP contribution is 2.32. The lowest BCUT2D eigenvalue weighted by atomic mass is 9.95. The van der Waals surface area contributed by atoms with Gasteiger partial charge >= 0.3 is 34.5 Å². The van der Waals surface area contributed by atoms with Gasteiger partial charge in [0, 0.05) is 32.6 Å². The lowest BCUT2D eigenvalue weighted by molar-refractivity contribution is -0.175. The molecule has 3 aliphatic heterocycles. The average molecular weight is 649 g/mol. The number of rotatable bonds is 11. The van der Waals surface area contributed by atoms with E-state index < -0.39 is 76.2 Å². The Bertz CT molecular complexity index is 1210. The zero-order valence-corrected chi connectivity index (χ0v) is 27.1. The van der Waals surface area contributed by atoms with E-state index >= 15 is 0 Å². The van der Waals surface area contributed by atoms with Crippen LogP contribution in [0.2, 0.25) is 0 Å². The number of carbonyl (C=O) groups is 5. The number of hydrogen-bond donors (Lipinski definition) is 1. The highest BCUT2D eigenvalue weighted by Gasteiger charge is 2.50. The zero-order valence-electron chi connectivity index (χ0n) is 26.3. The monoisotopic (exact) mass is 648 g/mol. The second-order valence-electron chi connectivity index (χ2n) is 12.7. The molecule has 4 amide bonds. The Labute approximate surface area is 257 Å². The molecule has 16 nitrogen and oxygen atoms in total. The van der Waals surface area contributed by atoms with Gasteiger partial charge in [0.15, 0.2) is 0 Å². The first-order valence-corrected chi connectivity index (χ1v) is 16.0. The van der Waals surface area contributed by atoms with E-state index in [9.17, 15) is 32.4 Å². The first-order valence-electron chi connectivity index (χ1n) is 14.7. The summed E-state index contributed by atoms with van der Waals surface area (Å²) in [6, 6.07) is -2.49. The topological polar surface area (TPSA) is 187 Å². The van der Waals surface area contributed by atoms with Gasteiger partial charge in [-0.2, -0.15) is 13.5 Å². The van der Waals surface area contributed by atoms with Crippen LogP contribution in [0.4, 0.5) is 9.59 Å². The molecule has 44 heavy (non-hydrogen) atoms. The van der Waals surface area contributed by atoms with E-state index in [1.165, 1.54) is 30.6 Å². The normalized spacial score (nSPS) is 22.0. The number of carbonyl (C=O) groups excluding carboxylic acids is 5. The molecule has 17 heteroatoms. The Hall–Kier alpha value is -3.18. The van der Waals surface area contributed by atoms with Crippen LogP contribution in [0.1, 0.15) is 74.1 Å². The van der Waals surface area contributed by atoms with Gasteiger partial charge in [-0.1, -0.05) is 0 Å². The fourth-order valence-electron chi connectivity index (χ4n) is 4.80. The van der Waals surface area contributed by atoms with E-state index in [1.807, 2.05) is 0 Å². The minimum Gasteiger partial charge on any atom is -0.466 e. The molecule has 0 saturated carbocycles. The lowest BCUT2D eigenvalue weighted by Gasteiger charge is -2.35. The van der Waals surface area contributed by atoms with Gasteiger partial charge < -0.3 is 29.3 Å². The lowest BCUT2D eigenvalue weighted by Crippen LogP contribution is -2.54. The van der Waals surface area contributed by atoms with Crippen LogP contribution >= 0.6 is 0 Å². The standard InChI is InChI=1S/C27H44N4O12S/c1-8-39-23(34)27(6,7)16-40-44(37,38)43-31-19-9-10-20(30(15-19)24(31)35)21(32)28-18-11-13-29(14-12-18)25(36)42-17(2)41-22(33)26(3,4)5/h17-20H,8-16H2,1-7H3,(H,28,32)/t17?,19?,20-/m0/s1. The van der Waals surface area contributed by atoms with Crippen LogP contribution in [0, 0.1) is 10.8 Å². The van der Waals surface area contributed by atoms with Gasteiger partial charge in [0.05, 0.1) is 30.1 Å². The molecule has 0 aliphatic carbocycles. The molecule has 2 bridgehead atoms. The van der Waals surface area contributed by atoms with Crippen LogP contribution in [0.15, 0.2) is 0 Å². The Kier molecular flexibility index (Phi) is 11.1. The van der Waals surface area contributed by atoms with Gasteiger partial charge in [-0.3, -0.25) is 14.4 Å². The summed E-state index contributed by atoms with van der Waals surface area (Å²) in [6.45, 7) is 11.3. The van der Waals surface area contributed by atoms with Crippen LogP contribution in [-0.2, 0) is 47.5 Å². The van der Waals surface area contributed by atoms with Crippen molar-refractivity contribution in [2.45, 2.75) is 98.6 Å². The number of esters is 2. The third-order valence-electron chi connectivity index (χ3n) is 7.44. The Morgan fingerprint density at radius 1 is 0.977 bits per heavy atom. The Morgan fingerprint density at radius 2 is 1.61 bits per heavy atom. The number of hydrogen-bond acceptors (Lipinski definition) is 12. The van der Waals surface area contributed by atoms with Crippen molar-refractivity contribution in [1.29, 1.82) is 0 Å². The fraction of sp³-hybridized carbons (Fsp3) is 0.815. The van der Waals surface area contributed by atoms with E-state index in [2.05, 4.69) is 5.32 Å². The summed E-state index contributed by atoms with van der Waals surface area (Å²) in [5.41, 5.74) is -2.02. The predicted molar refractivity (Wildman–Crippen MR) is 151 cm³/mol. The molecule has 0 spiro atoms. The quantitative estimate of drug-likeness (QED) is 0.253. The van der Waals surface area contributed by atoms with Crippen LogP contribution in [0.3, 0.4) is 0 Å². The number of urea groups is 1. The number of amides is 4. The van der Waals surface area contributed by atoms with Crippen molar-refractivity contribution >= 4 is 40.4 Å². The number of piperidine rings is 2. The van der Waals surface area contributed by atoms with Gasteiger partial charge in [0.1, 0.15) is 6.04 Å². The van der Waals surface area contributed by atoms with Crippen LogP contribution in [0.25, 0.3) is 0 Å². The Morgan fingerprint density at radius 3 is 2.20 bits per heavy atom. The molecule has 3 heterocycles. The molecule has 3 fully saturated rings. The number of nitrogens with one attached hydrogen (secondary N) is 1. The molecular weight excluding hydrogens is 604 g/mol. The summed E-state index contributed by atoms with van der Waals surface area (Å²) in [5.74, 6) is -1.54. The van der Waals surface area contributed by atoms with Crippen molar-refractivity contribution in [2.24, 2.45) is 10.8 Å². The summed E-state index contributed by atoms with van der Waals surface area (Å²) >= 11 is 0. The molecule has 3 atom stereocenters.